The molecule has 1 aliphatic heterocycles. The van der Waals surface area contributed by atoms with Gasteiger partial charge in [-0.05, 0) is 19.9 Å². The lowest BCUT2D eigenvalue weighted by atomic mass is 10.1. The van der Waals surface area contributed by atoms with E-state index < -0.39 is 0 Å². The smallest absolute Gasteiger partial charge is 0.176 e. The molecule has 1 fully saturated rings. The molecule has 0 aliphatic carbocycles. The van der Waals surface area contributed by atoms with Gasteiger partial charge in [0.2, 0.25) is 0 Å². The van der Waals surface area contributed by atoms with Crippen LogP contribution >= 0.6 is 0 Å². The molecule has 0 spiro atoms. The van der Waals surface area contributed by atoms with E-state index in [1.165, 1.54) is 0 Å². The van der Waals surface area contributed by atoms with Crippen LogP contribution in [0.25, 0.3) is 0 Å². The molecule has 3 nitrogen and oxygen atoms in total. The molecule has 3 heteroatoms. The molecule has 0 radical (unpaired) electrons. The third-order valence-electron chi connectivity index (χ3n) is 3.19. The molecule has 0 aromatic heterocycles. The normalized spacial score (nSPS) is 21.4. The van der Waals surface area contributed by atoms with Crippen LogP contribution in [0.4, 0.5) is 0 Å². The molecule has 1 heterocycles. The summed E-state index contributed by atoms with van der Waals surface area (Å²) in [6.07, 6.45) is 0. The number of carbonyl (C=O) groups excluding carboxylic acids is 1. The highest BCUT2D eigenvalue weighted by atomic mass is 16.5. The Labute approximate surface area is 102 Å². The van der Waals surface area contributed by atoms with Gasteiger partial charge < -0.3 is 4.74 Å². The lowest BCUT2D eigenvalue weighted by Gasteiger charge is -2.32. The summed E-state index contributed by atoms with van der Waals surface area (Å²) in [5.41, 5.74) is 1.94. The third kappa shape index (κ3) is 3.14. The molecule has 0 bridgehead atoms. The molecule has 0 saturated carbocycles. The number of morpholine rings is 1. The molecule has 92 valence electrons. The van der Waals surface area contributed by atoms with Gasteiger partial charge in [-0.15, -0.1) is 0 Å². The van der Waals surface area contributed by atoms with Crippen LogP contribution in [0.5, 0.6) is 0 Å². The average Bonchev–Trinajstić information content (AvgIpc) is 2.32. The summed E-state index contributed by atoms with van der Waals surface area (Å²) in [4.78, 5) is 14.3. The van der Waals surface area contributed by atoms with Crippen molar-refractivity contribution in [2.75, 3.05) is 26.3 Å². The Balaban J connectivity index is 2.01. The number of Topliss-reactive ketones (excluding diaryl/α,β-unsaturated/α-hetero) is 1. The first kappa shape index (κ1) is 12.3. The number of hydrogen-bond donors (Lipinski definition) is 0. The largest absolute Gasteiger partial charge is 0.379 e. The van der Waals surface area contributed by atoms with Gasteiger partial charge in [0.05, 0.1) is 19.8 Å². The Morgan fingerprint density at radius 3 is 3.06 bits per heavy atom. The number of aryl methyl sites for hydroxylation is 1. The molecule has 17 heavy (non-hydrogen) atoms. The average molecular weight is 233 g/mol. The van der Waals surface area contributed by atoms with Gasteiger partial charge in [0.15, 0.2) is 5.78 Å². The van der Waals surface area contributed by atoms with E-state index in [-0.39, 0.29) is 5.78 Å². The highest BCUT2D eigenvalue weighted by Gasteiger charge is 2.21. The Hall–Kier alpha value is -1.19. The Kier molecular flexibility index (Phi) is 3.92. The minimum absolute atomic E-state index is 0.197. The van der Waals surface area contributed by atoms with E-state index in [0.717, 1.165) is 30.9 Å². The summed E-state index contributed by atoms with van der Waals surface area (Å²) in [6.45, 7) is 6.90. The zero-order chi connectivity index (χ0) is 12.3. The Morgan fingerprint density at radius 1 is 1.53 bits per heavy atom. The minimum atomic E-state index is 0.197. The van der Waals surface area contributed by atoms with Gasteiger partial charge in [-0.1, -0.05) is 23.8 Å². The minimum Gasteiger partial charge on any atom is -0.379 e. The monoisotopic (exact) mass is 233 g/mol. The molecule has 1 atom stereocenters. The first-order valence-corrected chi connectivity index (χ1v) is 6.08. The van der Waals surface area contributed by atoms with Gasteiger partial charge in [-0.25, -0.2) is 0 Å². The lowest BCUT2D eigenvalue weighted by molar-refractivity contribution is 0.00201. The van der Waals surface area contributed by atoms with Crippen LogP contribution in [0.1, 0.15) is 22.8 Å². The third-order valence-corrected chi connectivity index (χ3v) is 3.19. The standard InChI is InChI=1S/C14H19NO2/c1-11-4-3-5-13(8-11)14(16)9-15-6-7-17-10-12(15)2/h3-5,8,12H,6-7,9-10H2,1-2H3. The fourth-order valence-corrected chi connectivity index (χ4v) is 2.09. The van der Waals surface area contributed by atoms with E-state index in [2.05, 4.69) is 11.8 Å². The molecule has 0 N–H and O–H groups in total. The molecule has 0 amide bonds. The van der Waals surface area contributed by atoms with Crippen LogP contribution in [0, 0.1) is 6.92 Å². The summed E-state index contributed by atoms with van der Waals surface area (Å²) < 4.78 is 5.37. The van der Waals surface area contributed by atoms with Gasteiger partial charge in [-0.3, -0.25) is 9.69 Å². The van der Waals surface area contributed by atoms with Crippen molar-refractivity contribution < 1.29 is 9.53 Å². The number of carbonyl (C=O) groups is 1. The zero-order valence-corrected chi connectivity index (χ0v) is 10.5. The molecule has 1 unspecified atom stereocenters. The van der Waals surface area contributed by atoms with E-state index in [1.807, 2.05) is 31.2 Å². The van der Waals surface area contributed by atoms with E-state index in [9.17, 15) is 4.79 Å². The van der Waals surface area contributed by atoms with E-state index >= 15 is 0 Å². The predicted molar refractivity (Wildman–Crippen MR) is 67.4 cm³/mol. The van der Waals surface area contributed by atoms with Gasteiger partial charge in [-0.2, -0.15) is 0 Å². The number of ketones is 1. The summed E-state index contributed by atoms with van der Waals surface area (Å²) in [5, 5.41) is 0. The lowest BCUT2D eigenvalue weighted by Crippen LogP contribution is -2.45. The van der Waals surface area contributed by atoms with Crippen LogP contribution < -0.4 is 0 Å². The van der Waals surface area contributed by atoms with Gasteiger partial charge in [0.1, 0.15) is 0 Å². The quantitative estimate of drug-likeness (QED) is 0.747. The maximum atomic E-state index is 12.1. The first-order valence-electron chi connectivity index (χ1n) is 6.08. The Bertz CT molecular complexity index is 403. The van der Waals surface area contributed by atoms with Crippen molar-refractivity contribution in [3.05, 3.63) is 35.4 Å². The highest BCUT2D eigenvalue weighted by Crippen LogP contribution is 2.10. The summed E-state index contributed by atoms with van der Waals surface area (Å²) in [5.74, 6) is 0.197. The van der Waals surface area contributed by atoms with E-state index in [0.29, 0.717) is 12.6 Å². The number of rotatable bonds is 3. The summed E-state index contributed by atoms with van der Waals surface area (Å²) in [7, 11) is 0. The van der Waals surface area contributed by atoms with Crippen molar-refractivity contribution in [2.24, 2.45) is 0 Å². The topological polar surface area (TPSA) is 29.5 Å². The van der Waals surface area contributed by atoms with Crippen LogP contribution in [0.3, 0.4) is 0 Å². The van der Waals surface area contributed by atoms with Crippen molar-refractivity contribution in [2.45, 2.75) is 19.9 Å². The fourth-order valence-electron chi connectivity index (χ4n) is 2.09. The fraction of sp³-hybridized carbons (Fsp3) is 0.500. The molecule has 1 aromatic carbocycles. The molecule has 1 aromatic rings. The second-order valence-electron chi connectivity index (χ2n) is 4.69. The van der Waals surface area contributed by atoms with Crippen molar-refractivity contribution >= 4 is 5.78 Å². The summed E-state index contributed by atoms with van der Waals surface area (Å²) >= 11 is 0. The number of ether oxygens (including phenoxy) is 1. The van der Waals surface area contributed by atoms with Crippen molar-refractivity contribution in [3.63, 3.8) is 0 Å². The van der Waals surface area contributed by atoms with E-state index in [4.69, 9.17) is 4.74 Å². The van der Waals surface area contributed by atoms with Gasteiger partial charge in [0.25, 0.3) is 0 Å². The van der Waals surface area contributed by atoms with Crippen LogP contribution in [-0.2, 0) is 4.74 Å². The van der Waals surface area contributed by atoms with Crippen molar-refractivity contribution in [1.82, 2.24) is 4.90 Å². The Morgan fingerprint density at radius 2 is 2.35 bits per heavy atom. The van der Waals surface area contributed by atoms with Crippen LogP contribution in [0.15, 0.2) is 24.3 Å². The molecular weight excluding hydrogens is 214 g/mol. The van der Waals surface area contributed by atoms with E-state index in [1.54, 1.807) is 0 Å². The number of nitrogens with zero attached hydrogens (tertiary/aromatic N) is 1. The predicted octanol–water partition coefficient (Wildman–Crippen LogP) is 1.90. The number of benzene rings is 1. The van der Waals surface area contributed by atoms with Crippen molar-refractivity contribution in [3.8, 4) is 0 Å². The maximum absolute atomic E-state index is 12.1. The molecule has 2 rings (SSSR count). The molecule has 1 saturated heterocycles. The van der Waals surface area contributed by atoms with Gasteiger partial charge in [0, 0.05) is 18.2 Å². The summed E-state index contributed by atoms with van der Waals surface area (Å²) in [6, 6.07) is 8.12. The van der Waals surface area contributed by atoms with Gasteiger partial charge >= 0.3 is 0 Å². The molecular formula is C14H19NO2. The molecule has 1 aliphatic rings. The SMILES string of the molecule is Cc1cccc(C(=O)CN2CCOCC2C)c1. The second-order valence-corrected chi connectivity index (χ2v) is 4.69. The second kappa shape index (κ2) is 5.43. The van der Waals surface area contributed by atoms with Crippen molar-refractivity contribution in [1.29, 1.82) is 0 Å². The zero-order valence-electron chi connectivity index (χ0n) is 10.5. The van der Waals surface area contributed by atoms with Crippen LogP contribution in [0.2, 0.25) is 0 Å². The maximum Gasteiger partial charge on any atom is 0.176 e. The highest BCUT2D eigenvalue weighted by molar-refractivity contribution is 5.97. The number of hydrogen-bond acceptors (Lipinski definition) is 3. The van der Waals surface area contributed by atoms with Crippen LogP contribution in [-0.4, -0.2) is 43.0 Å². The first-order chi connectivity index (χ1) is 8.16.